The van der Waals surface area contributed by atoms with Crippen LogP contribution in [0.2, 0.25) is 0 Å². The van der Waals surface area contributed by atoms with E-state index < -0.39 is 0 Å². The Morgan fingerprint density at radius 3 is 3.22 bits per heavy atom. The highest BCUT2D eigenvalue weighted by Crippen LogP contribution is 2.27. The first-order valence-electron chi connectivity index (χ1n) is 6.11. The number of hydrogen-bond acceptors (Lipinski definition) is 6. The molecule has 0 bridgehead atoms. The lowest BCUT2D eigenvalue weighted by atomic mass is 10.1. The summed E-state index contributed by atoms with van der Waals surface area (Å²) in [6, 6.07) is 2.02. The van der Waals surface area contributed by atoms with Crippen LogP contribution in [0.3, 0.4) is 0 Å². The summed E-state index contributed by atoms with van der Waals surface area (Å²) in [6.07, 6.45) is 1.13. The molecule has 3 heterocycles. The molecule has 6 heteroatoms. The quantitative estimate of drug-likeness (QED) is 0.886. The molecule has 1 unspecified atom stereocenters. The van der Waals surface area contributed by atoms with E-state index in [1.165, 1.54) is 0 Å². The second kappa shape index (κ2) is 5.07. The lowest BCUT2D eigenvalue weighted by Crippen LogP contribution is -2.15. The van der Waals surface area contributed by atoms with E-state index in [-0.39, 0.29) is 0 Å². The van der Waals surface area contributed by atoms with Crippen LogP contribution in [-0.4, -0.2) is 36.8 Å². The molecule has 1 atom stereocenters. The molecule has 1 aliphatic rings. The van der Waals surface area contributed by atoms with E-state index in [2.05, 4.69) is 20.6 Å². The number of rotatable bonds is 4. The van der Waals surface area contributed by atoms with E-state index in [9.17, 15) is 0 Å². The number of nitrogens with one attached hydrogen (secondary N) is 2. The lowest BCUT2D eigenvalue weighted by molar-refractivity contribution is 0.187. The van der Waals surface area contributed by atoms with Gasteiger partial charge in [-0.25, -0.2) is 4.98 Å². The van der Waals surface area contributed by atoms with Gasteiger partial charge in [-0.15, -0.1) is 11.3 Å². The van der Waals surface area contributed by atoms with E-state index in [0.717, 1.165) is 42.2 Å². The minimum atomic E-state index is 0.591. The molecule has 96 valence electrons. The molecule has 1 saturated heterocycles. The molecule has 0 aromatic carbocycles. The Labute approximate surface area is 110 Å². The summed E-state index contributed by atoms with van der Waals surface area (Å²) in [5, 5.41) is 8.47. The number of aromatic nitrogens is 2. The first-order valence-corrected chi connectivity index (χ1v) is 6.99. The van der Waals surface area contributed by atoms with Crippen molar-refractivity contribution in [1.82, 2.24) is 9.97 Å². The predicted octanol–water partition coefficient (Wildman–Crippen LogP) is 2.18. The monoisotopic (exact) mass is 264 g/mol. The molecule has 1 aliphatic heterocycles. The van der Waals surface area contributed by atoms with Gasteiger partial charge in [0.25, 0.3) is 0 Å². The normalized spacial score (nSPS) is 19.3. The van der Waals surface area contributed by atoms with Gasteiger partial charge in [0.15, 0.2) is 0 Å². The number of ether oxygens (including phenoxy) is 1. The van der Waals surface area contributed by atoms with Gasteiger partial charge >= 0.3 is 0 Å². The Bertz CT molecular complexity index is 536. The van der Waals surface area contributed by atoms with Crippen LogP contribution >= 0.6 is 11.3 Å². The van der Waals surface area contributed by atoms with Crippen LogP contribution in [0.1, 0.15) is 6.42 Å². The van der Waals surface area contributed by atoms with Crippen molar-refractivity contribution >= 4 is 33.3 Å². The van der Waals surface area contributed by atoms with Crippen molar-refractivity contribution in [3.05, 3.63) is 11.4 Å². The number of thiophene rings is 1. The highest BCUT2D eigenvalue weighted by molar-refractivity contribution is 7.17. The summed E-state index contributed by atoms with van der Waals surface area (Å²) in [4.78, 5) is 8.91. The summed E-state index contributed by atoms with van der Waals surface area (Å²) in [5.41, 5.74) is 0.990. The second-order valence-electron chi connectivity index (χ2n) is 4.39. The molecule has 0 spiro atoms. The summed E-state index contributed by atoms with van der Waals surface area (Å²) in [7, 11) is 1.84. The van der Waals surface area contributed by atoms with Crippen molar-refractivity contribution in [2.45, 2.75) is 6.42 Å². The Kier molecular flexibility index (Phi) is 3.29. The van der Waals surface area contributed by atoms with Gasteiger partial charge in [0.05, 0.1) is 16.8 Å². The average Bonchev–Trinajstić information content (AvgIpc) is 3.06. The molecule has 18 heavy (non-hydrogen) atoms. The minimum absolute atomic E-state index is 0.591. The van der Waals surface area contributed by atoms with Crippen LogP contribution in [0, 0.1) is 5.92 Å². The summed E-state index contributed by atoms with van der Waals surface area (Å²) >= 11 is 1.67. The largest absolute Gasteiger partial charge is 0.381 e. The van der Waals surface area contributed by atoms with E-state index in [1.807, 2.05) is 18.5 Å². The molecule has 2 aromatic heterocycles. The molecule has 0 saturated carbocycles. The average molecular weight is 264 g/mol. The molecule has 2 N–H and O–H groups in total. The zero-order valence-electron chi connectivity index (χ0n) is 10.3. The fraction of sp³-hybridized carbons (Fsp3) is 0.500. The minimum Gasteiger partial charge on any atom is -0.381 e. The molecule has 1 fully saturated rings. The smallest absolute Gasteiger partial charge is 0.225 e. The van der Waals surface area contributed by atoms with Crippen molar-refractivity contribution < 1.29 is 4.74 Å². The summed E-state index contributed by atoms with van der Waals surface area (Å²) < 4.78 is 6.50. The highest BCUT2D eigenvalue weighted by Gasteiger charge is 2.16. The van der Waals surface area contributed by atoms with Gasteiger partial charge in [0.2, 0.25) is 5.95 Å². The van der Waals surface area contributed by atoms with Crippen LogP contribution in [0.15, 0.2) is 11.4 Å². The van der Waals surface area contributed by atoms with Gasteiger partial charge in [-0.3, -0.25) is 0 Å². The van der Waals surface area contributed by atoms with Crippen molar-refractivity contribution in [3.8, 4) is 0 Å². The SMILES string of the molecule is CNc1nc(NCC2CCOC2)c2sccc2n1. The molecule has 2 aromatic rings. The Hall–Kier alpha value is -1.40. The van der Waals surface area contributed by atoms with Crippen LogP contribution in [-0.2, 0) is 4.74 Å². The van der Waals surface area contributed by atoms with Gasteiger partial charge < -0.3 is 15.4 Å². The van der Waals surface area contributed by atoms with Crippen LogP contribution < -0.4 is 10.6 Å². The second-order valence-corrected chi connectivity index (χ2v) is 5.31. The Morgan fingerprint density at radius 1 is 1.50 bits per heavy atom. The topological polar surface area (TPSA) is 59.1 Å². The molecule has 0 radical (unpaired) electrons. The number of nitrogens with zero attached hydrogens (tertiary/aromatic N) is 2. The van der Waals surface area contributed by atoms with E-state index >= 15 is 0 Å². The molecular formula is C12H16N4OS. The van der Waals surface area contributed by atoms with Gasteiger partial charge in [-0.2, -0.15) is 4.98 Å². The third-order valence-corrected chi connectivity index (χ3v) is 4.02. The molecule has 0 aliphatic carbocycles. The maximum absolute atomic E-state index is 5.38. The maximum atomic E-state index is 5.38. The number of fused-ring (bicyclic) bond motifs is 1. The van der Waals surface area contributed by atoms with E-state index in [4.69, 9.17) is 4.74 Å². The fourth-order valence-corrected chi connectivity index (χ4v) is 2.88. The highest BCUT2D eigenvalue weighted by atomic mass is 32.1. The third-order valence-electron chi connectivity index (χ3n) is 3.11. The van der Waals surface area contributed by atoms with E-state index in [0.29, 0.717) is 11.9 Å². The first kappa shape index (κ1) is 11.7. The molecule has 3 rings (SSSR count). The summed E-state index contributed by atoms with van der Waals surface area (Å²) in [5.74, 6) is 2.17. The zero-order valence-corrected chi connectivity index (χ0v) is 11.1. The maximum Gasteiger partial charge on any atom is 0.225 e. The van der Waals surface area contributed by atoms with Crippen LogP contribution in [0.4, 0.5) is 11.8 Å². The number of hydrogen-bond donors (Lipinski definition) is 2. The first-order chi connectivity index (χ1) is 8.86. The molecule has 0 amide bonds. The van der Waals surface area contributed by atoms with Gasteiger partial charge in [0.1, 0.15) is 5.82 Å². The van der Waals surface area contributed by atoms with Crippen molar-refractivity contribution in [2.24, 2.45) is 5.92 Å². The van der Waals surface area contributed by atoms with Crippen LogP contribution in [0.5, 0.6) is 0 Å². The van der Waals surface area contributed by atoms with Gasteiger partial charge in [-0.05, 0) is 17.9 Å². The van der Waals surface area contributed by atoms with Gasteiger partial charge in [-0.1, -0.05) is 0 Å². The molecular weight excluding hydrogens is 248 g/mol. The van der Waals surface area contributed by atoms with Crippen molar-refractivity contribution in [3.63, 3.8) is 0 Å². The zero-order chi connectivity index (χ0) is 12.4. The fourth-order valence-electron chi connectivity index (χ4n) is 2.08. The Morgan fingerprint density at radius 2 is 2.44 bits per heavy atom. The van der Waals surface area contributed by atoms with Crippen LogP contribution in [0.25, 0.3) is 10.2 Å². The van der Waals surface area contributed by atoms with Gasteiger partial charge in [0, 0.05) is 26.1 Å². The third kappa shape index (κ3) is 2.26. The lowest BCUT2D eigenvalue weighted by Gasteiger charge is -2.11. The number of anilines is 2. The standard InChI is InChI=1S/C12H16N4OS/c1-13-12-15-9-3-5-18-10(9)11(16-12)14-6-8-2-4-17-7-8/h3,5,8H,2,4,6-7H2,1H3,(H2,13,14,15,16). The van der Waals surface area contributed by atoms with E-state index in [1.54, 1.807) is 11.3 Å². The predicted molar refractivity (Wildman–Crippen MR) is 74.4 cm³/mol. The molecule has 5 nitrogen and oxygen atoms in total. The van der Waals surface area contributed by atoms with Crippen molar-refractivity contribution in [2.75, 3.05) is 37.4 Å². The van der Waals surface area contributed by atoms with Crippen molar-refractivity contribution in [1.29, 1.82) is 0 Å². The summed E-state index contributed by atoms with van der Waals surface area (Å²) in [6.45, 7) is 2.64. The Balaban J connectivity index is 1.82.